The number of carbonyl (C=O) groups is 7. The number of hydrogen-bond donors (Lipinski definition) is 0. The molecule has 4 aromatic carbocycles. The molecule has 10 atom stereocenters. The minimum atomic E-state index is -1.88. The van der Waals surface area contributed by atoms with E-state index >= 15 is 0 Å². The van der Waals surface area contributed by atoms with Gasteiger partial charge in [0, 0.05) is 27.7 Å². The van der Waals surface area contributed by atoms with E-state index in [0.717, 1.165) is 27.7 Å². The van der Waals surface area contributed by atoms with E-state index in [1.165, 1.54) is 36.4 Å². The molecule has 348 valence electrons. The van der Waals surface area contributed by atoms with E-state index in [0.29, 0.717) is 5.56 Å². The zero-order valence-corrected chi connectivity index (χ0v) is 36.3. The maximum absolute atomic E-state index is 14.2. The summed E-state index contributed by atoms with van der Waals surface area (Å²) in [7, 11) is 0. The van der Waals surface area contributed by atoms with Gasteiger partial charge in [-0.05, 0) is 42.0 Å². The largest absolute Gasteiger partial charge is 0.463 e. The SMILES string of the molecule is CC(=O)OC[C@H]1O[C@@H](O[C@H]2[C@@H](OC(=O)c3ccccc3)[C@H](OC(=O)c3ccccc3)[C@@H](OCc3ccccc3)O[C@@H]2COC(=O)c2ccccc2)[C@H](OC(C)=O)[C@@H](OC(C)=O)[C@H]1OC(C)=O. The van der Waals surface area contributed by atoms with Gasteiger partial charge in [-0.1, -0.05) is 84.9 Å². The first-order valence-corrected chi connectivity index (χ1v) is 20.8. The second-order valence-electron chi connectivity index (χ2n) is 14.9. The van der Waals surface area contributed by atoms with E-state index in [1.54, 1.807) is 84.9 Å². The van der Waals surface area contributed by atoms with Gasteiger partial charge in [0.1, 0.15) is 31.5 Å². The molecule has 0 amide bonds. The Bertz CT molecular complexity index is 2270. The van der Waals surface area contributed by atoms with Gasteiger partial charge in [-0.3, -0.25) is 19.2 Å². The Kier molecular flexibility index (Phi) is 17.1. The summed E-state index contributed by atoms with van der Waals surface area (Å²) in [6, 6.07) is 32.6. The van der Waals surface area contributed by atoms with Crippen molar-refractivity contribution in [2.75, 3.05) is 13.2 Å². The van der Waals surface area contributed by atoms with Crippen LogP contribution in [0.5, 0.6) is 0 Å². The average Bonchev–Trinajstić information content (AvgIpc) is 3.30. The minimum absolute atomic E-state index is 0.0667. The van der Waals surface area contributed by atoms with Crippen molar-refractivity contribution in [3.8, 4) is 0 Å². The summed E-state index contributed by atoms with van der Waals surface area (Å²) in [5.41, 5.74) is 1.01. The topological polar surface area (TPSA) is 221 Å². The highest BCUT2D eigenvalue weighted by atomic mass is 16.8. The summed E-state index contributed by atoms with van der Waals surface area (Å²) in [6.45, 7) is 2.92. The van der Waals surface area contributed by atoms with Crippen molar-refractivity contribution in [3.63, 3.8) is 0 Å². The molecule has 0 bridgehead atoms. The Labute approximate surface area is 379 Å². The first-order valence-electron chi connectivity index (χ1n) is 20.8. The molecule has 2 aliphatic rings. The van der Waals surface area contributed by atoms with Crippen molar-refractivity contribution in [3.05, 3.63) is 144 Å². The van der Waals surface area contributed by atoms with Crippen molar-refractivity contribution in [1.29, 1.82) is 0 Å². The van der Waals surface area contributed by atoms with E-state index in [4.69, 9.17) is 52.1 Å². The molecule has 0 spiro atoms. The average molecular weight is 913 g/mol. The van der Waals surface area contributed by atoms with Crippen LogP contribution in [0.4, 0.5) is 0 Å². The molecular formula is C48H48O18. The second-order valence-corrected chi connectivity index (χ2v) is 14.9. The van der Waals surface area contributed by atoms with Crippen LogP contribution >= 0.6 is 0 Å². The fraction of sp³-hybridized carbons (Fsp3) is 0.354. The van der Waals surface area contributed by atoms with Crippen LogP contribution in [0.25, 0.3) is 0 Å². The lowest BCUT2D eigenvalue weighted by Gasteiger charge is -2.48. The number of carbonyl (C=O) groups excluding carboxylic acids is 7. The summed E-state index contributed by atoms with van der Waals surface area (Å²) >= 11 is 0. The van der Waals surface area contributed by atoms with E-state index < -0.39 is 116 Å². The first kappa shape index (κ1) is 48.5. The Morgan fingerprint density at radius 3 is 1.32 bits per heavy atom. The summed E-state index contributed by atoms with van der Waals surface area (Å²) in [5, 5.41) is 0. The molecule has 2 aliphatic heterocycles. The predicted octanol–water partition coefficient (Wildman–Crippen LogP) is 4.70. The van der Waals surface area contributed by atoms with Gasteiger partial charge in [-0.15, -0.1) is 0 Å². The maximum Gasteiger partial charge on any atom is 0.338 e. The van der Waals surface area contributed by atoms with Gasteiger partial charge in [-0.2, -0.15) is 0 Å². The number of rotatable bonds is 17. The fourth-order valence-corrected chi connectivity index (χ4v) is 7.12. The van der Waals surface area contributed by atoms with Crippen LogP contribution in [0.2, 0.25) is 0 Å². The van der Waals surface area contributed by atoms with E-state index in [1.807, 2.05) is 0 Å². The molecule has 2 saturated heterocycles. The molecule has 0 aliphatic carbocycles. The molecule has 4 aromatic rings. The Balaban J connectivity index is 1.49. The molecule has 18 nitrogen and oxygen atoms in total. The van der Waals surface area contributed by atoms with Crippen LogP contribution in [-0.4, -0.2) is 116 Å². The van der Waals surface area contributed by atoms with Crippen LogP contribution in [0.1, 0.15) is 64.3 Å². The normalized spacial score (nSPS) is 24.7. The third-order valence-corrected chi connectivity index (χ3v) is 9.98. The van der Waals surface area contributed by atoms with Gasteiger partial charge in [0.25, 0.3) is 0 Å². The summed E-state index contributed by atoms with van der Waals surface area (Å²) in [6.07, 6.45) is -16.5. The third kappa shape index (κ3) is 13.3. The molecule has 2 heterocycles. The molecule has 0 saturated carbocycles. The van der Waals surface area contributed by atoms with Crippen LogP contribution in [0, 0.1) is 0 Å². The van der Waals surface area contributed by atoms with Crippen molar-refractivity contribution < 1.29 is 85.7 Å². The molecule has 66 heavy (non-hydrogen) atoms. The molecule has 18 heteroatoms. The zero-order valence-electron chi connectivity index (χ0n) is 36.3. The van der Waals surface area contributed by atoms with Crippen molar-refractivity contribution in [1.82, 2.24) is 0 Å². The molecular weight excluding hydrogens is 865 g/mol. The fourth-order valence-electron chi connectivity index (χ4n) is 7.12. The monoisotopic (exact) mass is 912 g/mol. The molecule has 0 N–H and O–H groups in total. The van der Waals surface area contributed by atoms with Gasteiger partial charge in [-0.25, -0.2) is 14.4 Å². The Morgan fingerprint density at radius 1 is 0.409 bits per heavy atom. The van der Waals surface area contributed by atoms with Crippen molar-refractivity contribution in [2.45, 2.75) is 95.7 Å². The number of hydrogen-bond acceptors (Lipinski definition) is 18. The van der Waals surface area contributed by atoms with Gasteiger partial charge >= 0.3 is 41.8 Å². The molecule has 0 unspecified atom stereocenters. The molecule has 2 fully saturated rings. The van der Waals surface area contributed by atoms with E-state index in [-0.39, 0.29) is 23.3 Å². The van der Waals surface area contributed by atoms with E-state index in [2.05, 4.69) is 0 Å². The highest BCUT2D eigenvalue weighted by molar-refractivity contribution is 5.91. The zero-order chi connectivity index (χ0) is 47.2. The second kappa shape index (κ2) is 23.3. The van der Waals surface area contributed by atoms with Crippen molar-refractivity contribution in [2.24, 2.45) is 0 Å². The Morgan fingerprint density at radius 2 is 0.803 bits per heavy atom. The number of esters is 7. The van der Waals surface area contributed by atoms with Crippen molar-refractivity contribution >= 4 is 41.8 Å². The summed E-state index contributed by atoms with van der Waals surface area (Å²) < 4.78 is 66.0. The van der Waals surface area contributed by atoms with Crippen LogP contribution in [0.3, 0.4) is 0 Å². The van der Waals surface area contributed by atoms with Crippen LogP contribution in [-0.2, 0) is 77.9 Å². The first-order chi connectivity index (χ1) is 31.8. The maximum atomic E-state index is 14.2. The third-order valence-electron chi connectivity index (χ3n) is 9.98. The molecule has 6 rings (SSSR count). The lowest BCUT2D eigenvalue weighted by Crippen LogP contribution is -2.67. The summed E-state index contributed by atoms with van der Waals surface area (Å²) in [4.78, 5) is 91.7. The molecule has 0 aromatic heterocycles. The number of benzene rings is 4. The minimum Gasteiger partial charge on any atom is -0.463 e. The quantitative estimate of drug-likeness (QED) is 0.103. The van der Waals surface area contributed by atoms with Crippen LogP contribution < -0.4 is 0 Å². The Hall–Kier alpha value is -6.99. The predicted molar refractivity (Wildman–Crippen MR) is 225 cm³/mol. The summed E-state index contributed by atoms with van der Waals surface area (Å²) in [5.74, 6) is -6.08. The standard InChI is InChI=1S/C48H48O18/c1-28(49)56-26-36-38(59-29(2)50)40(60-30(3)51)43(61-31(4)52)48(63-36)66-39-37(27-57-44(53)33-19-11-6-12-20-33)62-47(58-25-32-17-9-5-10-18-32)42(65-46(55)35-23-15-8-16-24-35)41(39)64-45(54)34-21-13-7-14-22-34/h5-24,36-43,47-48H,25-27H2,1-4H3/t36-,37-,38+,39-,40+,41-,42+,43-,47+,48+/m1/s1. The van der Waals surface area contributed by atoms with Gasteiger partial charge in [0.15, 0.2) is 43.1 Å². The highest BCUT2D eigenvalue weighted by Crippen LogP contribution is 2.36. The lowest BCUT2D eigenvalue weighted by atomic mass is 9.95. The van der Waals surface area contributed by atoms with Gasteiger partial charge in [0.2, 0.25) is 0 Å². The van der Waals surface area contributed by atoms with E-state index in [9.17, 15) is 33.6 Å². The van der Waals surface area contributed by atoms with Crippen LogP contribution in [0.15, 0.2) is 121 Å². The molecule has 0 radical (unpaired) electrons. The highest BCUT2D eigenvalue weighted by Gasteiger charge is 2.58. The lowest BCUT2D eigenvalue weighted by molar-refractivity contribution is -0.359. The number of ether oxygens (including phenoxy) is 11. The van der Waals surface area contributed by atoms with Gasteiger partial charge in [0.05, 0.1) is 23.3 Å². The van der Waals surface area contributed by atoms with Gasteiger partial charge < -0.3 is 52.1 Å². The smallest absolute Gasteiger partial charge is 0.338 e.